The number of anilines is 1. The molecule has 0 saturated heterocycles. The van der Waals surface area contributed by atoms with Gasteiger partial charge in [-0.2, -0.15) is 0 Å². The number of carbonyl (C=O) groups is 1. The van der Waals surface area contributed by atoms with Crippen LogP contribution in [-0.4, -0.2) is 26.2 Å². The molecule has 3 aromatic carbocycles. The summed E-state index contributed by atoms with van der Waals surface area (Å²) >= 11 is 1.17. The van der Waals surface area contributed by atoms with Gasteiger partial charge in [-0.1, -0.05) is 61.2 Å². The molecule has 0 unspecified atom stereocenters. The van der Waals surface area contributed by atoms with E-state index < -0.39 is 0 Å². The van der Waals surface area contributed by atoms with Crippen LogP contribution in [0.25, 0.3) is 27.8 Å². The Kier molecular flexibility index (Phi) is 6.69. The van der Waals surface area contributed by atoms with Crippen LogP contribution in [0.2, 0.25) is 0 Å². The van der Waals surface area contributed by atoms with E-state index >= 15 is 0 Å². The van der Waals surface area contributed by atoms with Gasteiger partial charge in [0.2, 0.25) is 5.91 Å². The predicted octanol–water partition coefficient (Wildman–Crippen LogP) is 5.81. The molecule has 5 rings (SSSR count). The first kappa shape index (κ1) is 23.6. The maximum Gasteiger partial charge on any atom is 0.283 e. The monoisotopic (exact) mass is 498 g/mol. The molecule has 0 aliphatic heterocycles. The second-order valence-corrected chi connectivity index (χ2v) is 9.13. The molecular formula is C28H23FN4O2S. The molecule has 8 heteroatoms. The minimum atomic E-state index is -0.376. The number of rotatable bonds is 7. The molecule has 2 heterocycles. The Morgan fingerprint density at radius 3 is 2.44 bits per heavy atom. The Hall–Kier alpha value is -4.17. The second-order valence-electron chi connectivity index (χ2n) is 8.19. The number of benzene rings is 3. The molecule has 1 amide bonds. The fourth-order valence-electron chi connectivity index (χ4n) is 3.94. The lowest BCUT2D eigenvalue weighted by molar-refractivity contribution is -0.113. The third-order valence-electron chi connectivity index (χ3n) is 5.82. The maximum absolute atomic E-state index is 13.7. The number of hydrogen-bond donors (Lipinski definition) is 2. The summed E-state index contributed by atoms with van der Waals surface area (Å²) in [6.07, 6.45) is 2.67. The number of aryl methyl sites for hydroxylation is 1. The van der Waals surface area contributed by atoms with Crippen molar-refractivity contribution in [3.8, 4) is 16.8 Å². The molecule has 0 fully saturated rings. The van der Waals surface area contributed by atoms with Crippen LogP contribution in [0.4, 0.5) is 10.1 Å². The highest BCUT2D eigenvalue weighted by molar-refractivity contribution is 7.99. The zero-order valence-electron chi connectivity index (χ0n) is 19.5. The number of carbonyl (C=O) groups excluding carboxylic acids is 1. The number of thioether (sulfide) groups is 1. The van der Waals surface area contributed by atoms with E-state index in [4.69, 9.17) is 4.98 Å². The number of aromatic nitrogens is 3. The summed E-state index contributed by atoms with van der Waals surface area (Å²) in [4.78, 5) is 34.2. The second kappa shape index (κ2) is 10.2. The molecule has 180 valence electrons. The standard InChI is InChI=1S/C28H23FN4O2S/c1-2-18-8-14-22(15-9-18)33-27(35)26-25(23(16-30-26)19-6-4-3-5-7-19)32-28(33)36-17-24(34)31-21-12-10-20(29)11-13-21/h3-16,30H,2,17H2,1H3,(H,31,34). The summed E-state index contributed by atoms with van der Waals surface area (Å²) in [7, 11) is 0. The van der Waals surface area contributed by atoms with E-state index in [1.807, 2.05) is 54.6 Å². The Bertz CT molecular complexity index is 1580. The predicted molar refractivity (Wildman–Crippen MR) is 142 cm³/mol. The molecule has 36 heavy (non-hydrogen) atoms. The van der Waals surface area contributed by atoms with Crippen molar-refractivity contribution in [3.63, 3.8) is 0 Å². The lowest BCUT2D eigenvalue weighted by Gasteiger charge is -2.13. The van der Waals surface area contributed by atoms with Gasteiger partial charge in [0.25, 0.3) is 5.56 Å². The molecule has 2 N–H and O–H groups in total. The van der Waals surface area contributed by atoms with E-state index in [1.165, 1.54) is 40.6 Å². The van der Waals surface area contributed by atoms with Gasteiger partial charge in [0.15, 0.2) is 5.16 Å². The van der Waals surface area contributed by atoms with Crippen LogP contribution >= 0.6 is 11.8 Å². The van der Waals surface area contributed by atoms with E-state index in [1.54, 1.807) is 6.20 Å². The van der Waals surface area contributed by atoms with Crippen molar-refractivity contribution >= 4 is 34.4 Å². The van der Waals surface area contributed by atoms with Gasteiger partial charge in [0, 0.05) is 17.4 Å². The number of nitrogens with one attached hydrogen (secondary N) is 2. The zero-order valence-corrected chi connectivity index (χ0v) is 20.3. The quantitative estimate of drug-likeness (QED) is 0.219. The normalized spacial score (nSPS) is 11.1. The average Bonchev–Trinajstić information content (AvgIpc) is 3.34. The largest absolute Gasteiger partial charge is 0.355 e. The number of hydrogen-bond acceptors (Lipinski definition) is 4. The van der Waals surface area contributed by atoms with E-state index in [9.17, 15) is 14.0 Å². The van der Waals surface area contributed by atoms with Crippen LogP contribution in [-0.2, 0) is 11.2 Å². The number of nitrogens with zero attached hydrogens (tertiary/aromatic N) is 2. The molecule has 0 bridgehead atoms. The third kappa shape index (κ3) is 4.81. The molecule has 0 aliphatic rings. The Labute approximate surface area is 211 Å². The van der Waals surface area contributed by atoms with Crippen LogP contribution in [0.3, 0.4) is 0 Å². The van der Waals surface area contributed by atoms with E-state index in [2.05, 4.69) is 17.2 Å². The van der Waals surface area contributed by atoms with Gasteiger partial charge in [-0.05, 0) is 53.9 Å². The maximum atomic E-state index is 13.7. The first-order valence-corrected chi connectivity index (χ1v) is 12.5. The van der Waals surface area contributed by atoms with Crippen molar-refractivity contribution in [3.05, 3.63) is 107 Å². The van der Waals surface area contributed by atoms with Gasteiger partial charge in [-0.25, -0.2) is 9.37 Å². The van der Waals surface area contributed by atoms with Gasteiger partial charge in [0.05, 0.1) is 11.4 Å². The Balaban J connectivity index is 1.54. The Morgan fingerprint density at radius 1 is 1.03 bits per heavy atom. The highest BCUT2D eigenvalue weighted by Gasteiger charge is 2.19. The summed E-state index contributed by atoms with van der Waals surface area (Å²) in [5, 5.41) is 3.16. The molecule has 0 atom stereocenters. The molecule has 2 aromatic heterocycles. The van der Waals surface area contributed by atoms with Crippen LogP contribution in [0.1, 0.15) is 12.5 Å². The molecule has 0 radical (unpaired) electrons. The average molecular weight is 499 g/mol. The summed E-state index contributed by atoms with van der Waals surface area (Å²) in [6, 6.07) is 23.0. The fraction of sp³-hybridized carbons (Fsp3) is 0.107. The number of H-pyrrole nitrogens is 1. The third-order valence-corrected chi connectivity index (χ3v) is 6.75. The number of aromatic amines is 1. The van der Waals surface area contributed by atoms with E-state index in [0.717, 1.165) is 23.1 Å². The van der Waals surface area contributed by atoms with Crippen LogP contribution in [0, 0.1) is 5.82 Å². The minimum Gasteiger partial charge on any atom is -0.355 e. The molecular weight excluding hydrogens is 475 g/mol. The molecule has 0 spiro atoms. The molecule has 0 aliphatic carbocycles. The van der Waals surface area contributed by atoms with E-state index in [-0.39, 0.29) is 23.0 Å². The molecule has 6 nitrogen and oxygen atoms in total. The fourth-order valence-corrected chi connectivity index (χ4v) is 4.75. The lowest BCUT2D eigenvalue weighted by Crippen LogP contribution is -2.23. The van der Waals surface area contributed by atoms with Crippen LogP contribution in [0.5, 0.6) is 0 Å². The van der Waals surface area contributed by atoms with Crippen LogP contribution in [0.15, 0.2) is 95.0 Å². The van der Waals surface area contributed by atoms with Gasteiger partial charge < -0.3 is 10.3 Å². The number of fused-ring (bicyclic) bond motifs is 1. The highest BCUT2D eigenvalue weighted by Crippen LogP contribution is 2.29. The number of halogens is 1. The van der Waals surface area contributed by atoms with Crippen molar-refractivity contribution in [1.29, 1.82) is 0 Å². The Morgan fingerprint density at radius 2 is 1.75 bits per heavy atom. The topological polar surface area (TPSA) is 79.8 Å². The first-order valence-electron chi connectivity index (χ1n) is 11.5. The van der Waals surface area contributed by atoms with E-state index in [0.29, 0.717) is 27.6 Å². The number of amides is 1. The van der Waals surface area contributed by atoms with Gasteiger partial charge in [-0.15, -0.1) is 0 Å². The zero-order chi connectivity index (χ0) is 25.1. The van der Waals surface area contributed by atoms with Gasteiger partial charge in [0.1, 0.15) is 16.9 Å². The minimum absolute atomic E-state index is 0.0213. The lowest BCUT2D eigenvalue weighted by atomic mass is 10.1. The van der Waals surface area contributed by atoms with Crippen LogP contribution < -0.4 is 10.9 Å². The van der Waals surface area contributed by atoms with Crippen molar-refractivity contribution in [2.75, 3.05) is 11.1 Å². The first-order chi connectivity index (χ1) is 17.5. The molecule has 5 aromatic rings. The van der Waals surface area contributed by atoms with Crippen molar-refractivity contribution in [2.24, 2.45) is 0 Å². The summed E-state index contributed by atoms with van der Waals surface area (Å²) in [5.41, 5.74) is 4.77. The van der Waals surface area contributed by atoms with Gasteiger partial charge in [-0.3, -0.25) is 14.2 Å². The molecule has 0 saturated carbocycles. The smallest absolute Gasteiger partial charge is 0.283 e. The van der Waals surface area contributed by atoms with Crippen molar-refractivity contribution < 1.29 is 9.18 Å². The SMILES string of the molecule is CCc1ccc(-n2c(SCC(=O)Nc3ccc(F)cc3)nc3c(-c4ccccc4)c[nH]c3c2=O)cc1. The van der Waals surface area contributed by atoms with Crippen molar-refractivity contribution in [2.45, 2.75) is 18.5 Å². The van der Waals surface area contributed by atoms with Gasteiger partial charge >= 0.3 is 0 Å². The summed E-state index contributed by atoms with van der Waals surface area (Å²) < 4.78 is 14.7. The summed E-state index contributed by atoms with van der Waals surface area (Å²) in [6.45, 7) is 2.07. The highest BCUT2D eigenvalue weighted by atomic mass is 32.2. The summed E-state index contributed by atoms with van der Waals surface area (Å²) in [5.74, 6) is -0.641. The van der Waals surface area contributed by atoms with Crippen molar-refractivity contribution in [1.82, 2.24) is 14.5 Å².